The van der Waals surface area contributed by atoms with E-state index in [4.69, 9.17) is 9.47 Å². The van der Waals surface area contributed by atoms with Crippen LogP contribution in [0.2, 0.25) is 0 Å². The Morgan fingerprint density at radius 2 is 1.96 bits per heavy atom. The fraction of sp³-hybridized carbons (Fsp3) is 0.412. The van der Waals surface area contributed by atoms with Crippen LogP contribution in [0, 0.1) is 13.8 Å². The van der Waals surface area contributed by atoms with Gasteiger partial charge in [0.25, 0.3) is 0 Å². The number of nitrogens with one attached hydrogen (secondary N) is 1. The fourth-order valence-electron chi connectivity index (χ4n) is 2.29. The molecule has 0 aliphatic heterocycles. The van der Waals surface area contributed by atoms with Crippen LogP contribution >= 0.6 is 11.3 Å². The molecular weight excluding hydrogens is 346 g/mol. The molecule has 0 spiro atoms. The number of hydrogen-bond donors (Lipinski definition) is 1. The monoisotopic (exact) mass is 369 g/mol. The van der Waals surface area contributed by atoms with Gasteiger partial charge in [0.15, 0.2) is 0 Å². The zero-order chi connectivity index (χ0) is 17.7. The molecule has 1 N–H and O–H groups in total. The minimum Gasteiger partial charge on any atom is -0.492 e. The van der Waals surface area contributed by atoms with Crippen molar-refractivity contribution < 1.29 is 17.9 Å². The largest absolute Gasteiger partial charge is 0.492 e. The lowest BCUT2D eigenvalue weighted by atomic mass is 10.2. The SMILES string of the molecule is CCOc1ccc(C)cc1S(=O)(=O)NCC(OC)c1ccc(C)s1. The number of benzene rings is 1. The minimum absolute atomic E-state index is 0.154. The van der Waals surface area contributed by atoms with E-state index in [1.54, 1.807) is 30.6 Å². The van der Waals surface area contributed by atoms with Gasteiger partial charge in [0.05, 0.1) is 6.61 Å². The van der Waals surface area contributed by atoms with E-state index in [9.17, 15) is 8.42 Å². The zero-order valence-corrected chi connectivity index (χ0v) is 16.0. The maximum Gasteiger partial charge on any atom is 0.244 e. The van der Waals surface area contributed by atoms with Gasteiger partial charge in [0.2, 0.25) is 10.0 Å². The number of thiophene rings is 1. The average Bonchev–Trinajstić information content (AvgIpc) is 2.96. The molecule has 0 bridgehead atoms. The molecule has 1 unspecified atom stereocenters. The first-order chi connectivity index (χ1) is 11.4. The summed E-state index contributed by atoms with van der Waals surface area (Å²) in [5.41, 5.74) is 0.857. The van der Waals surface area contributed by atoms with Crippen LogP contribution in [-0.4, -0.2) is 28.7 Å². The predicted molar refractivity (Wildman–Crippen MR) is 96.3 cm³/mol. The van der Waals surface area contributed by atoms with Crippen molar-refractivity contribution in [2.75, 3.05) is 20.3 Å². The summed E-state index contributed by atoms with van der Waals surface area (Å²) in [5.74, 6) is 0.358. The van der Waals surface area contributed by atoms with E-state index < -0.39 is 10.0 Å². The molecule has 2 rings (SSSR count). The van der Waals surface area contributed by atoms with Crippen LogP contribution in [0.15, 0.2) is 35.2 Å². The van der Waals surface area contributed by atoms with E-state index in [1.165, 1.54) is 0 Å². The minimum atomic E-state index is -3.69. The molecule has 132 valence electrons. The molecule has 1 atom stereocenters. The third-order valence-corrected chi connectivity index (χ3v) is 6.05. The Balaban J connectivity index is 2.20. The number of rotatable bonds is 8. The molecular formula is C17H23NO4S2. The molecule has 1 heterocycles. The molecule has 7 heteroatoms. The first kappa shape index (κ1) is 18.9. The van der Waals surface area contributed by atoms with E-state index in [0.717, 1.165) is 15.3 Å². The van der Waals surface area contributed by atoms with E-state index >= 15 is 0 Å². The molecule has 0 radical (unpaired) electrons. The number of methoxy groups -OCH3 is 1. The zero-order valence-electron chi connectivity index (χ0n) is 14.3. The molecule has 0 saturated carbocycles. The van der Waals surface area contributed by atoms with Crippen LogP contribution in [0.1, 0.15) is 28.3 Å². The summed E-state index contributed by atoms with van der Waals surface area (Å²) in [4.78, 5) is 2.31. The molecule has 2 aromatic rings. The topological polar surface area (TPSA) is 64.6 Å². The number of sulfonamides is 1. The lowest BCUT2D eigenvalue weighted by molar-refractivity contribution is 0.110. The van der Waals surface area contributed by atoms with Crippen molar-refractivity contribution in [3.05, 3.63) is 45.6 Å². The number of hydrogen-bond acceptors (Lipinski definition) is 5. The standard InChI is InChI=1S/C17H23NO4S2/c1-5-22-14-8-6-12(2)10-17(14)24(19,20)18-11-15(21-4)16-9-7-13(3)23-16/h6-10,15,18H,5,11H2,1-4H3. The van der Waals surface area contributed by atoms with Crippen LogP contribution in [0.5, 0.6) is 5.75 Å². The summed E-state index contributed by atoms with van der Waals surface area (Å²) >= 11 is 1.60. The highest BCUT2D eigenvalue weighted by Gasteiger charge is 2.22. The van der Waals surface area contributed by atoms with E-state index in [2.05, 4.69) is 4.72 Å². The summed E-state index contributed by atoms with van der Waals surface area (Å²) < 4.78 is 38.9. The Bertz CT molecular complexity index is 784. The summed E-state index contributed by atoms with van der Waals surface area (Å²) in [6.45, 7) is 6.25. The summed E-state index contributed by atoms with van der Waals surface area (Å²) in [7, 11) is -2.12. The highest BCUT2D eigenvalue weighted by atomic mass is 32.2. The van der Waals surface area contributed by atoms with Gasteiger partial charge in [-0.25, -0.2) is 13.1 Å². The Labute approximate surface area is 147 Å². The van der Waals surface area contributed by atoms with Gasteiger partial charge in [-0.3, -0.25) is 0 Å². The third kappa shape index (κ3) is 4.57. The van der Waals surface area contributed by atoms with Crippen molar-refractivity contribution in [2.24, 2.45) is 0 Å². The maximum atomic E-state index is 12.7. The van der Waals surface area contributed by atoms with Crippen molar-refractivity contribution in [1.29, 1.82) is 0 Å². The highest BCUT2D eigenvalue weighted by molar-refractivity contribution is 7.89. The second-order valence-electron chi connectivity index (χ2n) is 5.41. The fourth-order valence-corrected chi connectivity index (χ4v) is 4.50. The van der Waals surface area contributed by atoms with Gasteiger partial charge < -0.3 is 9.47 Å². The Kier molecular flexibility index (Phi) is 6.40. The van der Waals surface area contributed by atoms with Gasteiger partial charge in [-0.2, -0.15) is 0 Å². The molecule has 5 nitrogen and oxygen atoms in total. The van der Waals surface area contributed by atoms with Gasteiger partial charge in [0.1, 0.15) is 16.7 Å². The molecule has 1 aromatic carbocycles. The van der Waals surface area contributed by atoms with Crippen molar-refractivity contribution in [2.45, 2.75) is 31.8 Å². The average molecular weight is 370 g/mol. The van der Waals surface area contributed by atoms with Gasteiger partial charge in [0, 0.05) is 23.4 Å². The summed E-state index contributed by atoms with van der Waals surface area (Å²) in [5, 5.41) is 0. The van der Waals surface area contributed by atoms with Crippen LogP contribution < -0.4 is 9.46 Å². The van der Waals surface area contributed by atoms with Crippen molar-refractivity contribution in [3.8, 4) is 5.75 Å². The first-order valence-electron chi connectivity index (χ1n) is 7.69. The second-order valence-corrected chi connectivity index (χ2v) is 8.46. The van der Waals surface area contributed by atoms with Crippen molar-refractivity contribution in [1.82, 2.24) is 4.72 Å². The smallest absolute Gasteiger partial charge is 0.244 e. The van der Waals surface area contributed by atoms with Crippen LogP contribution in [0.4, 0.5) is 0 Å². The molecule has 0 saturated heterocycles. The molecule has 0 aliphatic rings. The van der Waals surface area contributed by atoms with Crippen LogP contribution in [-0.2, 0) is 14.8 Å². The first-order valence-corrected chi connectivity index (χ1v) is 9.99. The van der Waals surface area contributed by atoms with Gasteiger partial charge in [-0.1, -0.05) is 6.07 Å². The Hall–Kier alpha value is -1.41. The van der Waals surface area contributed by atoms with E-state index in [-0.39, 0.29) is 17.5 Å². The highest BCUT2D eigenvalue weighted by Crippen LogP contribution is 2.27. The Morgan fingerprint density at radius 1 is 1.21 bits per heavy atom. The van der Waals surface area contributed by atoms with Gasteiger partial charge in [-0.05, 0) is 50.6 Å². The van der Waals surface area contributed by atoms with Gasteiger partial charge >= 0.3 is 0 Å². The quantitative estimate of drug-likeness (QED) is 0.774. The van der Waals surface area contributed by atoms with Crippen LogP contribution in [0.3, 0.4) is 0 Å². The third-order valence-electron chi connectivity index (χ3n) is 3.51. The van der Waals surface area contributed by atoms with E-state index in [0.29, 0.717) is 12.4 Å². The second kappa shape index (κ2) is 8.11. The lowest BCUT2D eigenvalue weighted by Gasteiger charge is -2.16. The summed E-state index contributed by atoms with van der Waals surface area (Å²) in [6, 6.07) is 9.08. The van der Waals surface area contributed by atoms with Crippen molar-refractivity contribution in [3.63, 3.8) is 0 Å². The number of aryl methyl sites for hydroxylation is 2. The predicted octanol–water partition coefficient (Wildman–Crippen LogP) is 3.43. The normalized spacial score (nSPS) is 13.0. The lowest BCUT2D eigenvalue weighted by Crippen LogP contribution is -2.29. The van der Waals surface area contributed by atoms with E-state index in [1.807, 2.05) is 39.0 Å². The maximum absolute atomic E-state index is 12.7. The molecule has 1 aromatic heterocycles. The molecule has 0 aliphatic carbocycles. The summed E-state index contributed by atoms with van der Waals surface area (Å²) in [6.07, 6.45) is -0.321. The molecule has 0 fully saturated rings. The Morgan fingerprint density at radius 3 is 2.54 bits per heavy atom. The molecule has 0 amide bonds. The number of ether oxygens (including phenoxy) is 2. The molecule has 24 heavy (non-hydrogen) atoms. The van der Waals surface area contributed by atoms with Crippen LogP contribution in [0.25, 0.3) is 0 Å². The van der Waals surface area contributed by atoms with Crippen molar-refractivity contribution >= 4 is 21.4 Å². The van der Waals surface area contributed by atoms with Gasteiger partial charge in [-0.15, -0.1) is 11.3 Å².